The van der Waals surface area contributed by atoms with Gasteiger partial charge >= 0.3 is 0 Å². The maximum atomic E-state index is 8.72. The second-order valence-electron chi connectivity index (χ2n) is 1.34. The molecule has 0 bridgehead atoms. The smallest absolute Gasteiger partial charge is 0.170 e. The van der Waals surface area contributed by atoms with Crippen molar-refractivity contribution in [2.24, 2.45) is 0 Å². The second-order valence-corrected chi connectivity index (χ2v) is 3.58. The summed E-state index contributed by atoms with van der Waals surface area (Å²) in [4.78, 5) is 0. The Morgan fingerprint density at radius 2 is 2.00 bits per heavy atom. The average Bonchev–Trinajstić information content (AvgIpc) is 1.62. The number of thiol groups is 2. The summed E-state index contributed by atoms with van der Waals surface area (Å²) in [5, 5.41) is 16.2. The van der Waals surface area contributed by atoms with Crippen molar-refractivity contribution in [1.82, 2.24) is 0 Å². The van der Waals surface area contributed by atoms with Gasteiger partial charge in [-0.1, -0.05) is 0 Å². The lowest BCUT2D eigenvalue weighted by Gasteiger charge is -2.18. The van der Waals surface area contributed by atoms with E-state index in [0.717, 1.165) is 0 Å². The third kappa shape index (κ3) is 3.04. The van der Waals surface area contributed by atoms with Crippen molar-refractivity contribution in [2.75, 3.05) is 6.61 Å². The van der Waals surface area contributed by atoms with Gasteiger partial charge in [0.2, 0.25) is 0 Å². The SMILES string of the molecule is OCC(Cl)C(O)(S)S. The van der Waals surface area contributed by atoms with Crippen LogP contribution in [0.2, 0.25) is 0 Å². The average molecular weight is 175 g/mol. The first kappa shape index (κ1) is 8.91. The number of hydrogen-bond acceptors (Lipinski definition) is 4. The normalized spacial score (nSPS) is 16.1. The van der Waals surface area contributed by atoms with Gasteiger partial charge in [-0.05, 0) is 0 Å². The van der Waals surface area contributed by atoms with Crippen molar-refractivity contribution in [3.8, 4) is 0 Å². The summed E-state index contributed by atoms with van der Waals surface area (Å²) in [7, 11) is 0. The van der Waals surface area contributed by atoms with Crippen LogP contribution in [0.15, 0.2) is 0 Å². The monoisotopic (exact) mass is 174 g/mol. The zero-order valence-corrected chi connectivity index (χ0v) is 6.50. The highest BCUT2D eigenvalue weighted by atomic mass is 35.5. The molecule has 5 heteroatoms. The standard InChI is InChI=1S/C3H7ClO2S2/c4-2(1-5)3(6,7)8/h2,5-8H,1H2. The number of halogens is 1. The summed E-state index contributed by atoms with van der Waals surface area (Å²) in [6.45, 7) is -0.342. The molecule has 0 heterocycles. The van der Waals surface area contributed by atoms with Crippen molar-refractivity contribution in [3.63, 3.8) is 0 Å². The molecule has 0 aromatic heterocycles. The molecule has 50 valence electrons. The largest absolute Gasteiger partial charge is 0.395 e. The van der Waals surface area contributed by atoms with E-state index in [-0.39, 0.29) is 6.61 Å². The minimum Gasteiger partial charge on any atom is -0.395 e. The number of aliphatic hydroxyl groups excluding tert-OH is 1. The van der Waals surface area contributed by atoms with Crippen LogP contribution in [-0.4, -0.2) is 26.5 Å². The quantitative estimate of drug-likeness (QED) is 0.272. The molecule has 1 atom stereocenters. The van der Waals surface area contributed by atoms with Crippen LogP contribution >= 0.6 is 36.9 Å². The fourth-order valence-electron chi connectivity index (χ4n) is 0.122. The lowest BCUT2D eigenvalue weighted by atomic mass is 10.5. The Morgan fingerprint density at radius 1 is 1.62 bits per heavy atom. The summed E-state index contributed by atoms with van der Waals surface area (Å²) >= 11 is 12.4. The van der Waals surface area contributed by atoms with E-state index >= 15 is 0 Å². The lowest BCUT2D eigenvalue weighted by Crippen LogP contribution is -2.28. The van der Waals surface area contributed by atoms with Gasteiger partial charge in [0.25, 0.3) is 0 Å². The summed E-state index contributed by atoms with van der Waals surface area (Å²) in [5.41, 5.74) is 0. The molecule has 0 aromatic carbocycles. The number of hydrogen-bond donors (Lipinski definition) is 4. The molecule has 2 nitrogen and oxygen atoms in total. The van der Waals surface area contributed by atoms with E-state index in [1.807, 2.05) is 0 Å². The van der Waals surface area contributed by atoms with E-state index in [9.17, 15) is 0 Å². The molecule has 0 spiro atoms. The van der Waals surface area contributed by atoms with E-state index in [0.29, 0.717) is 0 Å². The minimum absolute atomic E-state index is 0.342. The molecule has 0 aliphatic heterocycles. The van der Waals surface area contributed by atoms with Crippen LogP contribution < -0.4 is 0 Å². The lowest BCUT2D eigenvalue weighted by molar-refractivity contribution is 0.183. The molecule has 0 saturated heterocycles. The molecule has 0 amide bonds. The van der Waals surface area contributed by atoms with Crippen LogP contribution in [0, 0.1) is 0 Å². The van der Waals surface area contributed by atoms with Gasteiger partial charge in [-0.15, -0.1) is 36.9 Å². The summed E-state index contributed by atoms with van der Waals surface area (Å²) in [6.07, 6.45) is 0. The van der Waals surface area contributed by atoms with Crippen molar-refractivity contribution in [1.29, 1.82) is 0 Å². The fraction of sp³-hybridized carbons (Fsp3) is 1.00. The van der Waals surface area contributed by atoms with Gasteiger partial charge in [-0.25, -0.2) is 0 Å². The fourth-order valence-corrected chi connectivity index (χ4v) is 0.286. The third-order valence-electron chi connectivity index (χ3n) is 0.581. The van der Waals surface area contributed by atoms with Crippen molar-refractivity contribution in [2.45, 2.75) is 9.64 Å². The topological polar surface area (TPSA) is 40.5 Å². The van der Waals surface area contributed by atoms with E-state index in [1.54, 1.807) is 0 Å². The molecule has 2 N–H and O–H groups in total. The van der Waals surface area contributed by atoms with Crippen LogP contribution in [0.25, 0.3) is 0 Å². The van der Waals surface area contributed by atoms with Crippen LogP contribution in [0.4, 0.5) is 0 Å². The molecular weight excluding hydrogens is 168 g/mol. The van der Waals surface area contributed by atoms with Gasteiger partial charge in [0.15, 0.2) is 4.27 Å². The molecule has 0 saturated carbocycles. The molecule has 0 fully saturated rings. The second kappa shape index (κ2) is 3.17. The zero-order valence-electron chi connectivity index (χ0n) is 3.95. The molecule has 0 aliphatic carbocycles. The summed E-state index contributed by atoms with van der Waals surface area (Å²) in [6, 6.07) is 0. The third-order valence-corrected chi connectivity index (χ3v) is 1.96. The Morgan fingerprint density at radius 3 is 2.00 bits per heavy atom. The van der Waals surface area contributed by atoms with Crippen molar-refractivity contribution in [3.05, 3.63) is 0 Å². The molecule has 8 heavy (non-hydrogen) atoms. The highest BCUT2D eigenvalue weighted by Crippen LogP contribution is 2.23. The Balaban J connectivity index is 3.62. The Bertz CT molecular complexity index is 72.2. The Kier molecular flexibility index (Phi) is 3.53. The number of alkyl halides is 1. The van der Waals surface area contributed by atoms with Gasteiger partial charge in [0.1, 0.15) is 5.38 Å². The van der Waals surface area contributed by atoms with Gasteiger partial charge in [0.05, 0.1) is 6.61 Å². The highest BCUT2D eigenvalue weighted by molar-refractivity contribution is 8.00. The molecule has 0 radical (unpaired) electrons. The Labute approximate surface area is 63.7 Å². The van der Waals surface area contributed by atoms with Crippen LogP contribution in [0.1, 0.15) is 0 Å². The van der Waals surface area contributed by atoms with Crippen molar-refractivity contribution >= 4 is 36.9 Å². The van der Waals surface area contributed by atoms with Gasteiger partial charge in [0, 0.05) is 0 Å². The predicted molar refractivity (Wildman–Crippen MR) is 39.6 cm³/mol. The predicted octanol–water partition coefficient (Wildman–Crippen LogP) is 0.0918. The van der Waals surface area contributed by atoms with E-state index in [4.69, 9.17) is 21.8 Å². The van der Waals surface area contributed by atoms with Crippen LogP contribution in [0.3, 0.4) is 0 Å². The van der Waals surface area contributed by atoms with Gasteiger partial charge in [-0.3, -0.25) is 0 Å². The minimum atomic E-state index is -1.59. The van der Waals surface area contributed by atoms with Crippen LogP contribution in [-0.2, 0) is 0 Å². The van der Waals surface area contributed by atoms with E-state index in [1.165, 1.54) is 0 Å². The number of rotatable bonds is 2. The van der Waals surface area contributed by atoms with E-state index < -0.39 is 9.64 Å². The van der Waals surface area contributed by atoms with Crippen molar-refractivity contribution < 1.29 is 10.2 Å². The van der Waals surface area contributed by atoms with Gasteiger partial charge in [-0.2, -0.15) is 0 Å². The first-order chi connectivity index (χ1) is 3.48. The first-order valence-corrected chi connectivity index (χ1v) is 3.23. The van der Waals surface area contributed by atoms with Gasteiger partial charge < -0.3 is 10.2 Å². The maximum Gasteiger partial charge on any atom is 0.170 e. The van der Waals surface area contributed by atoms with Crippen LogP contribution in [0.5, 0.6) is 0 Å². The molecular formula is C3H7ClO2S2. The number of aliphatic hydroxyl groups is 2. The molecule has 0 aliphatic rings. The summed E-state index contributed by atoms with van der Waals surface area (Å²) in [5.74, 6) is 0. The molecule has 0 aromatic rings. The van der Waals surface area contributed by atoms with E-state index in [2.05, 4.69) is 25.3 Å². The summed E-state index contributed by atoms with van der Waals surface area (Å²) < 4.78 is -1.59. The zero-order chi connectivity index (χ0) is 6.78. The molecule has 1 unspecified atom stereocenters. The maximum absolute atomic E-state index is 8.72. The Hall–Kier alpha value is 0.910. The first-order valence-electron chi connectivity index (χ1n) is 1.90. The molecule has 0 rings (SSSR count). The highest BCUT2D eigenvalue weighted by Gasteiger charge is 2.25.